The maximum absolute atomic E-state index is 12.9. The Morgan fingerprint density at radius 1 is 1.13 bits per heavy atom. The molecular formula is C19H18F3N3O5S. The van der Waals surface area contributed by atoms with Crippen molar-refractivity contribution in [3.63, 3.8) is 0 Å². The molecule has 0 aromatic heterocycles. The first-order chi connectivity index (χ1) is 14.6. The van der Waals surface area contributed by atoms with Gasteiger partial charge in [-0.2, -0.15) is 4.31 Å². The van der Waals surface area contributed by atoms with Crippen molar-refractivity contribution in [3.8, 4) is 5.75 Å². The maximum atomic E-state index is 12.9. The van der Waals surface area contributed by atoms with Crippen LogP contribution in [0.5, 0.6) is 5.75 Å². The SMILES string of the molecule is O=C(C[C@H]1C(=O)NCCN1S(=O)(=O)c1ccccc1)Nc1ccc(OC(F)(F)F)cc1. The molecule has 1 atom stereocenters. The minimum atomic E-state index is -4.84. The number of alkyl halides is 3. The second-order valence-corrected chi connectivity index (χ2v) is 8.45. The number of carbonyl (C=O) groups excluding carboxylic acids is 2. The standard InChI is InChI=1S/C19H18F3N3O5S/c20-19(21,22)30-14-8-6-13(7-9-14)24-17(26)12-16-18(27)23-10-11-25(16)31(28,29)15-4-2-1-3-5-15/h1-9,16H,10-12H2,(H,23,27)(H,24,26)/t16-/m0/s1. The monoisotopic (exact) mass is 457 g/mol. The Labute approximate surface area is 176 Å². The molecular weight excluding hydrogens is 439 g/mol. The summed E-state index contributed by atoms with van der Waals surface area (Å²) in [6.45, 7) is 0.0913. The van der Waals surface area contributed by atoms with Crippen LogP contribution in [0.2, 0.25) is 0 Å². The molecule has 2 amide bonds. The number of nitrogens with one attached hydrogen (secondary N) is 2. The third-order valence-electron chi connectivity index (χ3n) is 4.38. The number of ether oxygens (including phenoxy) is 1. The van der Waals surface area contributed by atoms with Gasteiger partial charge >= 0.3 is 6.36 Å². The molecule has 0 spiro atoms. The number of amides is 2. The second kappa shape index (κ2) is 8.94. The number of benzene rings is 2. The molecule has 166 valence electrons. The normalized spacial score (nSPS) is 17.6. The lowest BCUT2D eigenvalue weighted by molar-refractivity contribution is -0.274. The highest BCUT2D eigenvalue weighted by Crippen LogP contribution is 2.25. The van der Waals surface area contributed by atoms with Gasteiger partial charge in [-0.15, -0.1) is 13.2 Å². The van der Waals surface area contributed by atoms with Crippen molar-refractivity contribution < 1.29 is 35.9 Å². The van der Waals surface area contributed by atoms with E-state index in [0.29, 0.717) is 0 Å². The fourth-order valence-electron chi connectivity index (χ4n) is 3.03. The number of halogens is 3. The molecule has 12 heteroatoms. The fourth-order valence-corrected chi connectivity index (χ4v) is 4.64. The average Bonchev–Trinajstić information content (AvgIpc) is 2.70. The van der Waals surface area contributed by atoms with E-state index in [2.05, 4.69) is 15.4 Å². The number of hydrogen-bond donors (Lipinski definition) is 2. The van der Waals surface area contributed by atoms with Gasteiger partial charge in [0.2, 0.25) is 21.8 Å². The predicted molar refractivity (Wildman–Crippen MR) is 104 cm³/mol. The van der Waals surface area contributed by atoms with Crippen molar-refractivity contribution in [1.29, 1.82) is 0 Å². The van der Waals surface area contributed by atoms with E-state index in [1.807, 2.05) is 0 Å². The van der Waals surface area contributed by atoms with Crippen LogP contribution in [0.1, 0.15) is 6.42 Å². The Kier molecular flexibility index (Phi) is 6.51. The molecule has 1 aliphatic heterocycles. The lowest BCUT2D eigenvalue weighted by atomic mass is 10.1. The molecule has 0 unspecified atom stereocenters. The van der Waals surface area contributed by atoms with E-state index in [0.717, 1.165) is 16.4 Å². The summed E-state index contributed by atoms with van der Waals surface area (Å²) >= 11 is 0. The van der Waals surface area contributed by atoms with E-state index in [-0.39, 0.29) is 23.7 Å². The summed E-state index contributed by atoms with van der Waals surface area (Å²) in [5, 5.41) is 4.97. The van der Waals surface area contributed by atoms with E-state index < -0.39 is 46.4 Å². The Hall–Kier alpha value is -3.12. The van der Waals surface area contributed by atoms with Gasteiger partial charge in [0, 0.05) is 18.8 Å². The van der Waals surface area contributed by atoms with Crippen molar-refractivity contribution in [2.24, 2.45) is 0 Å². The molecule has 1 saturated heterocycles. The second-order valence-electron chi connectivity index (χ2n) is 6.56. The van der Waals surface area contributed by atoms with Gasteiger partial charge in [-0.3, -0.25) is 9.59 Å². The van der Waals surface area contributed by atoms with Crippen molar-refractivity contribution in [2.75, 3.05) is 18.4 Å². The van der Waals surface area contributed by atoms with Gasteiger partial charge in [0.25, 0.3) is 0 Å². The highest BCUT2D eigenvalue weighted by atomic mass is 32.2. The maximum Gasteiger partial charge on any atom is 0.573 e. The topological polar surface area (TPSA) is 105 Å². The molecule has 8 nitrogen and oxygen atoms in total. The zero-order chi connectivity index (χ0) is 22.6. The highest BCUT2D eigenvalue weighted by Gasteiger charge is 2.39. The molecule has 1 fully saturated rings. The molecule has 2 aromatic rings. The van der Waals surface area contributed by atoms with Crippen LogP contribution in [0.25, 0.3) is 0 Å². The Bertz CT molecular complexity index is 1040. The van der Waals surface area contributed by atoms with E-state index in [1.165, 1.54) is 24.3 Å². The molecule has 0 saturated carbocycles. The third-order valence-corrected chi connectivity index (χ3v) is 6.30. The number of anilines is 1. The first kappa shape index (κ1) is 22.6. The molecule has 31 heavy (non-hydrogen) atoms. The number of piperazine rings is 1. The molecule has 0 radical (unpaired) electrons. The lowest BCUT2D eigenvalue weighted by Gasteiger charge is -2.33. The Morgan fingerprint density at radius 2 is 1.77 bits per heavy atom. The number of hydrogen-bond acceptors (Lipinski definition) is 5. The molecule has 1 heterocycles. The van der Waals surface area contributed by atoms with Crippen molar-refractivity contribution in [1.82, 2.24) is 9.62 Å². The van der Waals surface area contributed by atoms with Gasteiger partial charge in [-0.1, -0.05) is 18.2 Å². The van der Waals surface area contributed by atoms with Gasteiger partial charge in [-0.25, -0.2) is 8.42 Å². The minimum absolute atomic E-state index is 0.00429. The summed E-state index contributed by atoms with van der Waals surface area (Å²) in [4.78, 5) is 24.7. The van der Waals surface area contributed by atoms with Crippen LogP contribution in [-0.4, -0.2) is 50.0 Å². The zero-order valence-electron chi connectivity index (χ0n) is 15.9. The summed E-state index contributed by atoms with van der Waals surface area (Å²) in [7, 11) is -4.02. The number of carbonyl (C=O) groups is 2. The summed E-state index contributed by atoms with van der Waals surface area (Å²) in [6.07, 6.45) is -5.31. The van der Waals surface area contributed by atoms with Gasteiger partial charge in [0.15, 0.2) is 0 Å². The molecule has 2 N–H and O–H groups in total. The van der Waals surface area contributed by atoms with E-state index in [4.69, 9.17) is 0 Å². The highest BCUT2D eigenvalue weighted by molar-refractivity contribution is 7.89. The summed E-state index contributed by atoms with van der Waals surface area (Å²) in [5.74, 6) is -1.76. The van der Waals surface area contributed by atoms with E-state index >= 15 is 0 Å². The largest absolute Gasteiger partial charge is 0.573 e. The molecule has 0 bridgehead atoms. The molecule has 2 aromatic carbocycles. The van der Waals surface area contributed by atoms with Gasteiger partial charge in [0.1, 0.15) is 11.8 Å². The molecule has 1 aliphatic rings. The van der Waals surface area contributed by atoms with Crippen molar-refractivity contribution >= 4 is 27.5 Å². The van der Waals surface area contributed by atoms with Gasteiger partial charge < -0.3 is 15.4 Å². The van der Waals surface area contributed by atoms with Crippen molar-refractivity contribution in [2.45, 2.75) is 23.7 Å². The van der Waals surface area contributed by atoms with Crippen LogP contribution < -0.4 is 15.4 Å². The van der Waals surface area contributed by atoms with Crippen molar-refractivity contribution in [3.05, 3.63) is 54.6 Å². The predicted octanol–water partition coefficient (Wildman–Crippen LogP) is 2.10. The van der Waals surface area contributed by atoms with E-state index in [1.54, 1.807) is 18.2 Å². The molecule has 3 rings (SSSR count). The average molecular weight is 457 g/mol. The van der Waals surface area contributed by atoms with Crippen LogP contribution in [0.4, 0.5) is 18.9 Å². The van der Waals surface area contributed by atoms with Crippen LogP contribution in [0.3, 0.4) is 0 Å². The summed E-state index contributed by atoms with van der Waals surface area (Å²) in [6, 6.07) is 10.7. The fraction of sp³-hybridized carbons (Fsp3) is 0.263. The van der Waals surface area contributed by atoms with Crippen LogP contribution in [0.15, 0.2) is 59.5 Å². The summed E-state index contributed by atoms with van der Waals surface area (Å²) < 4.78 is 67.3. The van der Waals surface area contributed by atoms with Gasteiger partial charge in [-0.05, 0) is 36.4 Å². The number of sulfonamides is 1. The quantitative estimate of drug-likeness (QED) is 0.692. The summed E-state index contributed by atoms with van der Waals surface area (Å²) in [5.41, 5.74) is 0.160. The molecule has 0 aliphatic carbocycles. The first-order valence-corrected chi connectivity index (χ1v) is 10.5. The smallest absolute Gasteiger partial charge is 0.406 e. The van der Waals surface area contributed by atoms with Crippen LogP contribution in [-0.2, 0) is 19.6 Å². The minimum Gasteiger partial charge on any atom is -0.406 e. The Balaban J connectivity index is 1.71. The van der Waals surface area contributed by atoms with Crippen LogP contribution in [0, 0.1) is 0 Å². The lowest BCUT2D eigenvalue weighted by Crippen LogP contribution is -2.57. The van der Waals surface area contributed by atoms with Gasteiger partial charge in [0.05, 0.1) is 11.3 Å². The van der Waals surface area contributed by atoms with Crippen LogP contribution >= 0.6 is 0 Å². The van der Waals surface area contributed by atoms with E-state index in [9.17, 15) is 31.2 Å². The number of rotatable bonds is 6. The zero-order valence-corrected chi connectivity index (χ0v) is 16.7. The number of nitrogens with zero attached hydrogens (tertiary/aromatic N) is 1. The first-order valence-electron chi connectivity index (χ1n) is 9.06. The third kappa shape index (κ3) is 5.73. The Morgan fingerprint density at radius 3 is 2.39 bits per heavy atom.